The van der Waals surface area contributed by atoms with Crippen molar-refractivity contribution in [3.63, 3.8) is 0 Å². The summed E-state index contributed by atoms with van der Waals surface area (Å²) in [5.74, 6) is -0.998. The Labute approximate surface area is 109 Å². The standard InChI is InChI=1S/C12H25N3O3/c1-12(2,3)15(9-10(16)17)11(18)14(5)8-6-7-13-4/h13H,6-9H2,1-5H3,(H,16,17). The molecular weight excluding hydrogens is 234 g/mol. The Morgan fingerprint density at radius 1 is 1.28 bits per heavy atom. The van der Waals surface area contributed by atoms with Crippen molar-refractivity contribution in [1.82, 2.24) is 15.1 Å². The first-order chi connectivity index (χ1) is 8.20. The molecule has 0 spiro atoms. The number of carboxylic acid groups (broad SMARTS) is 1. The molecule has 0 aliphatic rings. The molecule has 0 saturated carbocycles. The van der Waals surface area contributed by atoms with Crippen molar-refractivity contribution in [2.24, 2.45) is 0 Å². The van der Waals surface area contributed by atoms with Crippen LogP contribution in [0.25, 0.3) is 0 Å². The molecule has 0 heterocycles. The first-order valence-electron chi connectivity index (χ1n) is 6.09. The number of rotatable bonds is 6. The Hall–Kier alpha value is -1.30. The molecule has 0 radical (unpaired) electrons. The molecule has 6 heteroatoms. The van der Waals surface area contributed by atoms with Crippen molar-refractivity contribution >= 4 is 12.0 Å². The maximum Gasteiger partial charge on any atom is 0.323 e. The lowest BCUT2D eigenvalue weighted by Gasteiger charge is -2.37. The summed E-state index contributed by atoms with van der Waals surface area (Å²) in [4.78, 5) is 25.9. The average Bonchev–Trinajstić information content (AvgIpc) is 2.23. The van der Waals surface area contributed by atoms with Gasteiger partial charge in [-0.1, -0.05) is 0 Å². The molecule has 0 aromatic carbocycles. The molecule has 6 nitrogen and oxygen atoms in total. The highest BCUT2D eigenvalue weighted by Gasteiger charge is 2.30. The molecule has 0 unspecified atom stereocenters. The number of urea groups is 1. The Morgan fingerprint density at radius 2 is 1.83 bits per heavy atom. The van der Waals surface area contributed by atoms with Crippen molar-refractivity contribution in [3.05, 3.63) is 0 Å². The third kappa shape index (κ3) is 5.86. The van der Waals surface area contributed by atoms with Crippen LogP contribution >= 0.6 is 0 Å². The summed E-state index contributed by atoms with van der Waals surface area (Å²) in [5.41, 5.74) is -0.507. The number of carbonyl (C=O) groups is 2. The van der Waals surface area contributed by atoms with Gasteiger partial charge in [0.15, 0.2) is 0 Å². The van der Waals surface area contributed by atoms with Gasteiger partial charge in [0.05, 0.1) is 0 Å². The number of nitrogens with zero attached hydrogens (tertiary/aromatic N) is 2. The third-order valence-corrected chi connectivity index (χ3v) is 2.58. The fraction of sp³-hybridized carbons (Fsp3) is 0.833. The van der Waals surface area contributed by atoms with E-state index in [1.54, 1.807) is 11.9 Å². The summed E-state index contributed by atoms with van der Waals surface area (Å²) in [7, 11) is 3.55. The Bertz CT molecular complexity index is 287. The second kappa shape index (κ2) is 7.20. The Kier molecular flexibility index (Phi) is 6.68. The van der Waals surface area contributed by atoms with Crippen molar-refractivity contribution in [1.29, 1.82) is 0 Å². The van der Waals surface area contributed by atoms with Crippen LogP contribution in [0.15, 0.2) is 0 Å². The fourth-order valence-electron chi connectivity index (χ4n) is 1.52. The van der Waals surface area contributed by atoms with Gasteiger partial charge in [-0.25, -0.2) is 4.79 Å². The fourth-order valence-corrected chi connectivity index (χ4v) is 1.52. The van der Waals surface area contributed by atoms with Gasteiger partial charge in [-0.05, 0) is 40.8 Å². The van der Waals surface area contributed by atoms with Crippen molar-refractivity contribution in [2.75, 3.05) is 33.7 Å². The lowest BCUT2D eigenvalue weighted by molar-refractivity contribution is -0.138. The molecular formula is C12H25N3O3. The second-order valence-electron chi connectivity index (χ2n) is 5.31. The van der Waals surface area contributed by atoms with E-state index in [0.29, 0.717) is 6.54 Å². The Balaban J connectivity index is 4.59. The van der Waals surface area contributed by atoms with E-state index >= 15 is 0 Å². The molecule has 0 bridgehead atoms. The lowest BCUT2D eigenvalue weighted by atomic mass is 10.1. The predicted molar refractivity (Wildman–Crippen MR) is 70.7 cm³/mol. The van der Waals surface area contributed by atoms with Gasteiger partial charge in [-0.15, -0.1) is 0 Å². The van der Waals surface area contributed by atoms with E-state index in [2.05, 4.69) is 5.32 Å². The van der Waals surface area contributed by atoms with Gasteiger partial charge in [-0.2, -0.15) is 0 Å². The van der Waals surface area contributed by atoms with Gasteiger partial charge in [0, 0.05) is 19.1 Å². The molecule has 0 aliphatic heterocycles. The van der Waals surface area contributed by atoms with Crippen LogP contribution in [0.2, 0.25) is 0 Å². The topological polar surface area (TPSA) is 72.9 Å². The van der Waals surface area contributed by atoms with Crippen molar-refractivity contribution in [3.8, 4) is 0 Å². The van der Waals surface area contributed by atoms with Crippen molar-refractivity contribution < 1.29 is 14.7 Å². The van der Waals surface area contributed by atoms with E-state index in [0.717, 1.165) is 13.0 Å². The highest BCUT2D eigenvalue weighted by Crippen LogP contribution is 2.15. The van der Waals surface area contributed by atoms with Crippen LogP contribution in [0.3, 0.4) is 0 Å². The molecule has 0 rings (SSSR count). The van der Waals surface area contributed by atoms with Crippen LogP contribution < -0.4 is 5.32 Å². The number of hydrogen-bond acceptors (Lipinski definition) is 3. The van der Waals surface area contributed by atoms with E-state index in [1.807, 2.05) is 27.8 Å². The molecule has 0 aliphatic carbocycles. The number of hydrogen-bond donors (Lipinski definition) is 2. The number of aliphatic carboxylic acids is 1. The first-order valence-corrected chi connectivity index (χ1v) is 6.09. The zero-order chi connectivity index (χ0) is 14.3. The summed E-state index contributed by atoms with van der Waals surface area (Å²) in [6.07, 6.45) is 0.837. The maximum atomic E-state index is 12.2. The van der Waals surface area contributed by atoms with Gasteiger partial charge in [0.2, 0.25) is 0 Å². The van der Waals surface area contributed by atoms with Gasteiger partial charge in [0.1, 0.15) is 6.54 Å². The van der Waals surface area contributed by atoms with Gasteiger partial charge < -0.3 is 20.2 Å². The maximum absolute atomic E-state index is 12.2. The molecule has 0 saturated heterocycles. The van der Waals surface area contributed by atoms with Crippen LogP contribution in [0.5, 0.6) is 0 Å². The predicted octanol–water partition coefficient (Wildman–Crippen LogP) is 0.833. The minimum Gasteiger partial charge on any atom is -0.480 e. The Morgan fingerprint density at radius 3 is 2.22 bits per heavy atom. The van der Waals surface area contributed by atoms with E-state index in [1.165, 1.54) is 4.90 Å². The van der Waals surface area contributed by atoms with Crippen LogP contribution in [-0.4, -0.2) is 66.2 Å². The van der Waals surface area contributed by atoms with Crippen molar-refractivity contribution in [2.45, 2.75) is 32.7 Å². The summed E-state index contributed by atoms with van der Waals surface area (Å²) in [6.45, 7) is 6.64. The summed E-state index contributed by atoms with van der Waals surface area (Å²) < 4.78 is 0. The third-order valence-electron chi connectivity index (χ3n) is 2.58. The smallest absolute Gasteiger partial charge is 0.323 e. The zero-order valence-electron chi connectivity index (χ0n) is 12.0. The van der Waals surface area contributed by atoms with E-state index in [4.69, 9.17) is 5.11 Å². The molecule has 0 fully saturated rings. The first kappa shape index (κ1) is 16.7. The van der Waals surface area contributed by atoms with E-state index in [-0.39, 0.29) is 12.6 Å². The second-order valence-corrected chi connectivity index (χ2v) is 5.31. The van der Waals surface area contributed by atoms with Gasteiger partial charge in [0.25, 0.3) is 0 Å². The van der Waals surface area contributed by atoms with Crippen LogP contribution in [-0.2, 0) is 4.79 Å². The van der Waals surface area contributed by atoms with Crippen LogP contribution in [0, 0.1) is 0 Å². The van der Waals surface area contributed by atoms with Gasteiger partial charge in [-0.3, -0.25) is 4.79 Å². The highest BCUT2D eigenvalue weighted by molar-refractivity contribution is 5.80. The van der Waals surface area contributed by atoms with Crippen LogP contribution in [0.1, 0.15) is 27.2 Å². The number of carbonyl (C=O) groups excluding carboxylic acids is 1. The van der Waals surface area contributed by atoms with Gasteiger partial charge >= 0.3 is 12.0 Å². The lowest BCUT2D eigenvalue weighted by Crippen LogP contribution is -2.53. The normalized spacial score (nSPS) is 11.2. The summed E-state index contributed by atoms with van der Waals surface area (Å²) >= 11 is 0. The summed E-state index contributed by atoms with van der Waals surface area (Å²) in [5, 5.41) is 11.9. The molecule has 2 amide bonds. The number of amides is 2. The number of nitrogens with one attached hydrogen (secondary N) is 1. The molecule has 2 N–H and O–H groups in total. The monoisotopic (exact) mass is 259 g/mol. The number of carboxylic acids is 1. The molecule has 106 valence electrons. The van der Waals surface area contributed by atoms with E-state index in [9.17, 15) is 9.59 Å². The average molecular weight is 259 g/mol. The SMILES string of the molecule is CNCCCN(C)C(=O)N(CC(=O)O)C(C)(C)C. The molecule has 0 aromatic rings. The highest BCUT2D eigenvalue weighted by atomic mass is 16.4. The largest absolute Gasteiger partial charge is 0.480 e. The quantitative estimate of drug-likeness (QED) is 0.693. The summed E-state index contributed by atoms with van der Waals surface area (Å²) in [6, 6.07) is -0.249. The zero-order valence-corrected chi connectivity index (χ0v) is 12.0. The molecule has 0 aromatic heterocycles. The molecule has 18 heavy (non-hydrogen) atoms. The molecule has 0 atom stereocenters. The van der Waals surface area contributed by atoms with E-state index < -0.39 is 11.5 Å². The minimum atomic E-state index is -0.998. The minimum absolute atomic E-state index is 0.249. The van der Waals surface area contributed by atoms with Crippen LogP contribution in [0.4, 0.5) is 4.79 Å².